The molecular weight excluding hydrogens is 498 g/mol. The van der Waals surface area contributed by atoms with Gasteiger partial charge in [0.15, 0.2) is 29.7 Å². The van der Waals surface area contributed by atoms with Gasteiger partial charge in [-0.3, -0.25) is 14.2 Å². The van der Waals surface area contributed by atoms with Crippen LogP contribution in [0.2, 0.25) is 0 Å². The molecule has 36 heavy (non-hydrogen) atoms. The summed E-state index contributed by atoms with van der Waals surface area (Å²) in [5.74, 6) is -2.88. The number of anilines is 1. The Morgan fingerprint density at radius 1 is 1.22 bits per heavy atom. The van der Waals surface area contributed by atoms with Gasteiger partial charge in [0.1, 0.15) is 6.10 Å². The van der Waals surface area contributed by atoms with Gasteiger partial charge in [-0.05, 0) is 6.42 Å². The molecule has 3 heterocycles. The summed E-state index contributed by atoms with van der Waals surface area (Å²) < 4.78 is 78.2. The van der Waals surface area contributed by atoms with Gasteiger partial charge >= 0.3 is 23.8 Å². The normalized spacial score (nSPS) is 23.0. The minimum Gasteiger partial charge on any atom is -0.479 e. The summed E-state index contributed by atoms with van der Waals surface area (Å²) in [6.07, 6.45) is -16.2. The van der Waals surface area contributed by atoms with Gasteiger partial charge < -0.3 is 24.7 Å². The van der Waals surface area contributed by atoms with Gasteiger partial charge in [-0.1, -0.05) is 13.3 Å². The molecule has 1 aliphatic heterocycles. The van der Waals surface area contributed by atoms with Crippen LogP contribution in [0.4, 0.5) is 23.5 Å². The van der Waals surface area contributed by atoms with E-state index < -0.39 is 54.5 Å². The Hall–Kier alpha value is -3.43. The van der Waals surface area contributed by atoms with Gasteiger partial charge in [-0.2, -0.15) is 23.1 Å². The van der Waals surface area contributed by atoms with Crippen molar-refractivity contribution in [3.63, 3.8) is 0 Å². The first-order valence-corrected chi connectivity index (χ1v) is 10.8. The Morgan fingerprint density at radius 3 is 2.42 bits per heavy atom. The Bertz CT molecular complexity index is 1200. The number of imidazole rings is 1. The van der Waals surface area contributed by atoms with Crippen LogP contribution in [0.15, 0.2) is 4.79 Å². The summed E-state index contributed by atoms with van der Waals surface area (Å²) in [7, 11) is 1.25. The van der Waals surface area contributed by atoms with Gasteiger partial charge in [-0.25, -0.2) is 13.8 Å². The molecule has 0 radical (unpaired) electrons. The number of ether oxygens (including phenoxy) is 4. The van der Waals surface area contributed by atoms with Crippen molar-refractivity contribution in [1.82, 2.24) is 19.1 Å². The third-order valence-corrected chi connectivity index (χ3v) is 5.39. The number of fused-ring (bicyclic) bond motifs is 1. The van der Waals surface area contributed by atoms with Crippen LogP contribution < -0.4 is 16.2 Å². The summed E-state index contributed by atoms with van der Waals surface area (Å²) in [6, 6.07) is 0. The van der Waals surface area contributed by atoms with E-state index in [9.17, 15) is 27.6 Å². The number of esters is 2. The van der Waals surface area contributed by atoms with Crippen LogP contribution in [-0.4, -0.2) is 68.8 Å². The third kappa shape index (κ3) is 5.08. The first-order valence-electron chi connectivity index (χ1n) is 10.8. The average molecular weight is 523 g/mol. The molecule has 0 spiro atoms. The molecule has 2 aromatic heterocycles. The number of nitrogen functional groups attached to an aromatic ring is 1. The maximum atomic E-state index is 15.4. The van der Waals surface area contributed by atoms with Crippen LogP contribution in [0.3, 0.4) is 0 Å². The Labute approximate surface area is 201 Å². The second-order valence-electron chi connectivity index (χ2n) is 8.00. The van der Waals surface area contributed by atoms with Gasteiger partial charge in [0, 0.05) is 20.4 Å². The number of rotatable bonds is 8. The predicted molar refractivity (Wildman–Crippen MR) is 114 cm³/mol. The fourth-order valence-electron chi connectivity index (χ4n) is 3.97. The lowest BCUT2D eigenvalue weighted by atomic mass is 10.1. The minimum atomic E-state index is -5.24. The van der Waals surface area contributed by atoms with E-state index >= 15 is 4.39 Å². The topological polar surface area (TPSA) is 150 Å². The maximum absolute atomic E-state index is 15.4. The van der Waals surface area contributed by atoms with Gasteiger partial charge in [0.2, 0.25) is 17.9 Å². The summed E-state index contributed by atoms with van der Waals surface area (Å²) in [5, 5.41) is 0. The van der Waals surface area contributed by atoms with Gasteiger partial charge in [0.05, 0.1) is 7.11 Å². The largest absolute Gasteiger partial charge is 0.479 e. The number of aromatic nitrogens is 4. The molecule has 200 valence electrons. The van der Waals surface area contributed by atoms with Crippen LogP contribution in [0.1, 0.15) is 39.8 Å². The molecule has 2 aromatic rings. The molecule has 0 aliphatic carbocycles. The molecule has 12 nitrogen and oxygen atoms in total. The van der Waals surface area contributed by atoms with Crippen LogP contribution >= 0.6 is 0 Å². The fraction of sp³-hybridized carbons (Fsp3) is 0.650. The van der Waals surface area contributed by atoms with E-state index in [1.165, 1.54) is 11.7 Å². The first kappa shape index (κ1) is 27.2. The van der Waals surface area contributed by atoms with Crippen LogP contribution in [0.25, 0.3) is 11.2 Å². The number of carbonyl (C=O) groups is 2. The zero-order chi connectivity index (χ0) is 26.9. The summed E-state index contributed by atoms with van der Waals surface area (Å²) in [6.45, 7) is 3.59. The highest BCUT2D eigenvalue weighted by Gasteiger charge is 2.60. The van der Waals surface area contributed by atoms with Crippen molar-refractivity contribution in [3.8, 4) is 5.88 Å². The molecule has 16 heteroatoms. The van der Waals surface area contributed by atoms with E-state index in [1.54, 1.807) is 0 Å². The number of halogens is 4. The van der Waals surface area contributed by atoms with Crippen molar-refractivity contribution < 1.29 is 46.1 Å². The number of hydrogen-bond donors (Lipinski definition) is 1. The van der Waals surface area contributed by atoms with Crippen molar-refractivity contribution in [1.29, 1.82) is 0 Å². The number of carbonyl (C=O) groups excluding carboxylic acids is 2. The molecule has 3 rings (SSSR count). The minimum absolute atomic E-state index is 0.0292. The van der Waals surface area contributed by atoms with Crippen molar-refractivity contribution in [2.75, 3.05) is 12.8 Å². The summed E-state index contributed by atoms with van der Waals surface area (Å²) >= 11 is 0. The standard InChI is InChI=1S/C20H25F4N5O7/c1-5-6-7-28-11-15(26-18(25)27-16(11)33-4)29(19(28)32)17-13(34-8(2)30)10(21)12(36-17)14(20(22,23)24)35-9(3)31/h10,12-14,17H,5-7H2,1-4H3,(H2,25,26,27)/t10-,12-,13+,14?,17+/m0/s1. The highest BCUT2D eigenvalue weighted by molar-refractivity contribution is 5.78. The van der Waals surface area contributed by atoms with Gasteiger partial charge in [-0.15, -0.1) is 0 Å². The Morgan fingerprint density at radius 2 is 1.89 bits per heavy atom. The fourth-order valence-corrected chi connectivity index (χ4v) is 3.97. The molecule has 1 fully saturated rings. The van der Waals surface area contributed by atoms with E-state index in [0.717, 1.165) is 11.5 Å². The molecule has 5 atom stereocenters. The highest BCUT2D eigenvalue weighted by atomic mass is 19.4. The summed E-state index contributed by atoms with van der Waals surface area (Å²) in [4.78, 5) is 44.4. The van der Waals surface area contributed by atoms with E-state index in [-0.39, 0.29) is 29.5 Å². The lowest BCUT2D eigenvalue weighted by molar-refractivity contribution is -0.252. The summed E-state index contributed by atoms with van der Waals surface area (Å²) in [5.41, 5.74) is 4.64. The number of nitrogens with two attached hydrogens (primary N) is 1. The second kappa shape index (κ2) is 10.3. The first-order chi connectivity index (χ1) is 16.8. The molecule has 1 aliphatic rings. The molecule has 1 unspecified atom stereocenters. The van der Waals surface area contributed by atoms with Crippen molar-refractivity contribution >= 4 is 29.1 Å². The second-order valence-corrected chi connectivity index (χ2v) is 8.00. The molecule has 2 N–H and O–H groups in total. The van der Waals surface area contributed by atoms with E-state index in [1.807, 2.05) is 6.92 Å². The Kier molecular flexibility index (Phi) is 7.76. The van der Waals surface area contributed by atoms with Gasteiger partial charge in [0.25, 0.3) is 0 Å². The average Bonchev–Trinajstić information content (AvgIpc) is 3.21. The Balaban J connectivity index is 2.25. The third-order valence-electron chi connectivity index (χ3n) is 5.39. The van der Waals surface area contributed by atoms with E-state index in [0.29, 0.717) is 19.8 Å². The molecule has 0 saturated carbocycles. The van der Waals surface area contributed by atoms with E-state index in [4.69, 9.17) is 19.9 Å². The lowest BCUT2D eigenvalue weighted by Gasteiger charge is -2.26. The quantitative estimate of drug-likeness (QED) is 0.400. The molecule has 1 saturated heterocycles. The van der Waals surface area contributed by atoms with Crippen molar-refractivity contribution in [2.24, 2.45) is 0 Å². The highest BCUT2D eigenvalue weighted by Crippen LogP contribution is 2.41. The molecule has 0 amide bonds. The monoisotopic (exact) mass is 523 g/mol. The molecule has 0 aromatic carbocycles. The number of nitrogens with zero attached hydrogens (tertiary/aromatic N) is 4. The zero-order valence-corrected chi connectivity index (χ0v) is 19.7. The van der Waals surface area contributed by atoms with Crippen molar-refractivity contribution in [2.45, 2.75) is 77.0 Å². The van der Waals surface area contributed by atoms with Crippen LogP contribution in [0.5, 0.6) is 5.88 Å². The zero-order valence-electron chi connectivity index (χ0n) is 19.7. The van der Waals surface area contributed by atoms with Crippen LogP contribution in [0, 0.1) is 0 Å². The number of aryl methyl sites for hydroxylation is 1. The molecule has 0 bridgehead atoms. The smallest absolute Gasteiger partial charge is 0.428 e. The predicted octanol–water partition coefficient (Wildman–Crippen LogP) is 1.65. The SMILES string of the molecule is CCCCn1c(=O)n([C@@H]2O[C@H](C(OC(C)=O)C(F)(F)F)[C@H](F)[C@H]2OC(C)=O)c2nc(N)nc(OC)c21. The number of methoxy groups -OCH3 is 1. The van der Waals surface area contributed by atoms with Crippen molar-refractivity contribution in [3.05, 3.63) is 10.5 Å². The molecular formula is C20H25F4N5O7. The lowest BCUT2D eigenvalue weighted by Crippen LogP contribution is -2.47. The van der Waals surface area contributed by atoms with E-state index in [2.05, 4.69) is 14.7 Å². The number of alkyl halides is 4. The number of hydrogen-bond acceptors (Lipinski definition) is 10. The number of unbranched alkanes of at least 4 members (excludes halogenated alkanes) is 1. The van der Waals surface area contributed by atoms with Crippen LogP contribution in [-0.2, 0) is 30.3 Å². The maximum Gasteiger partial charge on any atom is 0.428 e.